The molecule has 9 heteroatoms. The van der Waals surface area contributed by atoms with Crippen LogP contribution in [0, 0.1) is 17.8 Å². The second-order valence-corrected chi connectivity index (χ2v) is 10.3. The van der Waals surface area contributed by atoms with Crippen LogP contribution in [0.2, 0.25) is 5.02 Å². The smallest absolute Gasteiger partial charge is 0.312 e. The molecule has 2 unspecified atom stereocenters. The van der Waals surface area contributed by atoms with E-state index in [4.69, 9.17) is 21.1 Å². The van der Waals surface area contributed by atoms with Crippen LogP contribution in [0.5, 0.6) is 0 Å². The molecule has 2 bridgehead atoms. The van der Waals surface area contributed by atoms with Crippen LogP contribution in [0.4, 0.5) is 5.69 Å². The first-order valence-corrected chi connectivity index (χ1v) is 12.7. The van der Waals surface area contributed by atoms with Gasteiger partial charge in [0, 0.05) is 6.54 Å². The van der Waals surface area contributed by atoms with Crippen LogP contribution in [-0.2, 0) is 23.9 Å². The zero-order chi connectivity index (χ0) is 26.2. The highest BCUT2D eigenvalue weighted by atomic mass is 35.5. The largest absolute Gasteiger partial charge is 0.461 e. The van der Waals surface area contributed by atoms with Gasteiger partial charge in [0.15, 0.2) is 0 Å². The van der Waals surface area contributed by atoms with Crippen LogP contribution in [0.1, 0.15) is 26.7 Å². The molecule has 1 spiro atoms. The average Bonchev–Trinajstić information content (AvgIpc) is 3.49. The van der Waals surface area contributed by atoms with Crippen molar-refractivity contribution >= 4 is 35.1 Å². The van der Waals surface area contributed by atoms with Crippen molar-refractivity contribution in [2.45, 2.75) is 50.5 Å². The van der Waals surface area contributed by atoms with Gasteiger partial charge in [-0.1, -0.05) is 56.3 Å². The maximum absolute atomic E-state index is 14.4. The molecule has 3 saturated heterocycles. The lowest BCUT2D eigenvalue weighted by molar-refractivity contribution is -0.155. The topological polar surface area (TPSA) is 96.4 Å². The summed E-state index contributed by atoms with van der Waals surface area (Å²) in [4.78, 5) is 44.4. The fourth-order valence-electron chi connectivity index (χ4n) is 6.11. The van der Waals surface area contributed by atoms with Crippen LogP contribution in [-0.4, -0.2) is 71.3 Å². The molecule has 3 aliphatic heterocycles. The van der Waals surface area contributed by atoms with E-state index in [1.165, 1.54) is 15.9 Å². The predicted octanol–water partition coefficient (Wildman–Crippen LogP) is 2.98. The molecule has 4 rings (SSSR count). The van der Waals surface area contributed by atoms with Gasteiger partial charge < -0.3 is 24.4 Å². The molecule has 1 N–H and O–H groups in total. The van der Waals surface area contributed by atoms with Crippen molar-refractivity contribution in [2.24, 2.45) is 17.8 Å². The summed E-state index contributed by atoms with van der Waals surface area (Å²) < 4.78 is 11.8. The molecule has 1 aromatic rings. The minimum atomic E-state index is -1.21. The van der Waals surface area contributed by atoms with Crippen molar-refractivity contribution < 1.29 is 29.0 Å². The third-order valence-electron chi connectivity index (χ3n) is 7.62. The zero-order valence-corrected chi connectivity index (χ0v) is 21.4. The highest BCUT2D eigenvalue weighted by Gasteiger charge is 2.75. The second-order valence-electron chi connectivity index (χ2n) is 9.90. The summed E-state index contributed by atoms with van der Waals surface area (Å²) in [6, 6.07) is 5.27. The standard InChI is InChI=1S/C27H33ClN2O6/c1-5-13-29(18-10-8-7-9-17(18)28)25(33)23-27-12-11-20(36-27)21(26(34)35-14-6-2)22(27)24(32)30(23)19(15-31)16(3)4/h5-10,16,19-23,31H,1-2,11-15H2,3-4H3/t19-,20+,21-,22-,23?,27?/m0/s1. The molecule has 0 aliphatic carbocycles. The number of anilines is 1. The van der Waals surface area contributed by atoms with Crippen molar-refractivity contribution in [1.82, 2.24) is 4.90 Å². The normalized spacial score (nSPS) is 29.2. The Morgan fingerprint density at radius 2 is 2.06 bits per heavy atom. The quantitative estimate of drug-likeness (QED) is 0.379. The highest BCUT2D eigenvalue weighted by Crippen LogP contribution is 2.59. The van der Waals surface area contributed by atoms with Crippen LogP contribution < -0.4 is 4.90 Å². The number of aliphatic hydroxyl groups is 1. The molecular formula is C27H33ClN2O6. The van der Waals surface area contributed by atoms with Gasteiger partial charge in [0.2, 0.25) is 5.91 Å². The third-order valence-corrected chi connectivity index (χ3v) is 7.94. The number of hydrogen-bond acceptors (Lipinski definition) is 6. The Morgan fingerprint density at radius 1 is 1.33 bits per heavy atom. The number of halogens is 1. The second kappa shape index (κ2) is 10.4. The molecule has 194 valence electrons. The van der Waals surface area contributed by atoms with Gasteiger partial charge in [-0.2, -0.15) is 0 Å². The fourth-order valence-corrected chi connectivity index (χ4v) is 6.35. The number of likely N-dealkylation sites (tertiary alicyclic amines) is 1. The number of carbonyl (C=O) groups is 3. The van der Waals surface area contributed by atoms with E-state index in [1.807, 2.05) is 13.8 Å². The molecule has 1 aromatic carbocycles. The molecule has 0 aromatic heterocycles. The summed E-state index contributed by atoms with van der Waals surface area (Å²) in [6.45, 7) is 11.0. The average molecular weight is 517 g/mol. The number of benzene rings is 1. The van der Waals surface area contributed by atoms with E-state index in [1.54, 1.807) is 30.3 Å². The fraction of sp³-hybridized carbons (Fsp3) is 0.519. The molecule has 3 heterocycles. The van der Waals surface area contributed by atoms with Crippen molar-refractivity contribution in [3.63, 3.8) is 0 Å². The summed E-state index contributed by atoms with van der Waals surface area (Å²) in [6.07, 6.45) is 3.50. The van der Waals surface area contributed by atoms with Crippen molar-refractivity contribution in [1.29, 1.82) is 0 Å². The van der Waals surface area contributed by atoms with Gasteiger partial charge in [-0.05, 0) is 30.9 Å². The number of ether oxygens (including phenoxy) is 2. The molecule has 8 nitrogen and oxygen atoms in total. The first-order valence-electron chi connectivity index (χ1n) is 12.3. The Bertz CT molecular complexity index is 1060. The summed E-state index contributed by atoms with van der Waals surface area (Å²) in [5.74, 6) is -3.16. The lowest BCUT2D eigenvalue weighted by atomic mass is 9.70. The molecule has 3 aliphatic rings. The van der Waals surface area contributed by atoms with E-state index in [-0.39, 0.29) is 31.6 Å². The van der Waals surface area contributed by atoms with Gasteiger partial charge in [-0.25, -0.2) is 0 Å². The number of carbonyl (C=O) groups excluding carboxylic acids is 3. The third kappa shape index (κ3) is 4.05. The number of para-hydroxylation sites is 1. The Hall–Kier alpha value is -2.68. The summed E-state index contributed by atoms with van der Waals surface area (Å²) in [7, 11) is 0. The van der Waals surface area contributed by atoms with Crippen molar-refractivity contribution in [3.05, 3.63) is 54.6 Å². The van der Waals surface area contributed by atoms with Crippen molar-refractivity contribution in [2.75, 3.05) is 24.7 Å². The molecule has 6 atom stereocenters. The van der Waals surface area contributed by atoms with E-state index in [0.29, 0.717) is 23.6 Å². The minimum Gasteiger partial charge on any atom is -0.461 e. The van der Waals surface area contributed by atoms with Crippen LogP contribution >= 0.6 is 11.6 Å². The molecular weight excluding hydrogens is 484 g/mol. The van der Waals surface area contributed by atoms with Crippen LogP contribution in [0.25, 0.3) is 0 Å². The van der Waals surface area contributed by atoms with Gasteiger partial charge in [-0.15, -0.1) is 6.58 Å². The predicted molar refractivity (Wildman–Crippen MR) is 135 cm³/mol. The van der Waals surface area contributed by atoms with E-state index >= 15 is 0 Å². The first kappa shape index (κ1) is 26.4. The van der Waals surface area contributed by atoms with Gasteiger partial charge in [0.05, 0.1) is 41.3 Å². The summed E-state index contributed by atoms with van der Waals surface area (Å²) in [5.41, 5.74) is -0.726. The highest BCUT2D eigenvalue weighted by molar-refractivity contribution is 6.34. The van der Waals surface area contributed by atoms with Gasteiger partial charge >= 0.3 is 5.97 Å². The Balaban J connectivity index is 1.83. The number of rotatable bonds is 10. The Labute approximate surface area is 216 Å². The molecule has 36 heavy (non-hydrogen) atoms. The van der Waals surface area contributed by atoms with E-state index in [2.05, 4.69) is 13.2 Å². The van der Waals surface area contributed by atoms with Gasteiger partial charge in [0.25, 0.3) is 5.91 Å². The number of amides is 2. The van der Waals surface area contributed by atoms with E-state index in [9.17, 15) is 19.5 Å². The summed E-state index contributed by atoms with van der Waals surface area (Å²) >= 11 is 6.46. The molecule has 2 amide bonds. The van der Waals surface area contributed by atoms with E-state index in [0.717, 1.165) is 0 Å². The first-order chi connectivity index (χ1) is 17.2. The molecule has 0 radical (unpaired) electrons. The van der Waals surface area contributed by atoms with Gasteiger partial charge in [0.1, 0.15) is 18.2 Å². The number of hydrogen-bond donors (Lipinski definition) is 1. The Morgan fingerprint density at radius 3 is 2.67 bits per heavy atom. The number of nitrogens with zero attached hydrogens (tertiary/aromatic N) is 2. The van der Waals surface area contributed by atoms with Gasteiger partial charge in [-0.3, -0.25) is 14.4 Å². The maximum Gasteiger partial charge on any atom is 0.312 e. The van der Waals surface area contributed by atoms with Crippen molar-refractivity contribution in [3.8, 4) is 0 Å². The number of esters is 1. The zero-order valence-electron chi connectivity index (χ0n) is 20.6. The molecule has 0 saturated carbocycles. The monoisotopic (exact) mass is 516 g/mol. The molecule has 3 fully saturated rings. The minimum absolute atomic E-state index is 0.0207. The summed E-state index contributed by atoms with van der Waals surface area (Å²) in [5, 5.41) is 10.7. The lowest BCUT2D eigenvalue weighted by Crippen LogP contribution is -2.59. The lowest BCUT2D eigenvalue weighted by Gasteiger charge is -2.40. The Kier molecular flexibility index (Phi) is 7.59. The SMILES string of the molecule is C=CCOC(=O)[C@@H]1[C@H]2C(=O)N([C@@H](CO)C(C)C)C(C(=O)N(CC=C)c3ccccc3Cl)C23CC[C@H]1O3. The maximum atomic E-state index is 14.4. The number of fused-ring (bicyclic) bond motifs is 1. The van der Waals surface area contributed by atoms with Crippen LogP contribution in [0.15, 0.2) is 49.6 Å². The number of aliphatic hydroxyl groups excluding tert-OH is 1. The van der Waals surface area contributed by atoms with Crippen LogP contribution in [0.3, 0.4) is 0 Å². The van der Waals surface area contributed by atoms with E-state index < -0.39 is 47.5 Å².